The molecule has 1 amide bonds. The Morgan fingerprint density at radius 3 is 2.46 bits per heavy atom. The van der Waals surface area contributed by atoms with Crippen LogP contribution in [0.15, 0.2) is 24.3 Å². The zero-order valence-corrected chi connectivity index (χ0v) is 14.7. The molecular weight excluding hydrogens is 302 g/mol. The molecule has 1 saturated heterocycles. The van der Waals surface area contributed by atoms with Crippen LogP contribution in [0.4, 0.5) is 5.69 Å². The van der Waals surface area contributed by atoms with Gasteiger partial charge < -0.3 is 20.3 Å². The van der Waals surface area contributed by atoms with Gasteiger partial charge in [-0.3, -0.25) is 4.79 Å². The van der Waals surface area contributed by atoms with Crippen LogP contribution < -0.4 is 15.4 Å². The van der Waals surface area contributed by atoms with E-state index in [2.05, 4.69) is 11.0 Å². The lowest BCUT2D eigenvalue weighted by atomic mass is 9.84. The average Bonchev–Trinajstić information content (AvgIpc) is 3.12. The highest BCUT2D eigenvalue weighted by Gasteiger charge is 2.42. The molecule has 5 nitrogen and oxygen atoms in total. The summed E-state index contributed by atoms with van der Waals surface area (Å²) >= 11 is 0. The molecule has 132 valence electrons. The van der Waals surface area contributed by atoms with Gasteiger partial charge in [0.15, 0.2) is 0 Å². The molecular formula is C19H29N3O2. The van der Waals surface area contributed by atoms with Gasteiger partial charge in [0, 0.05) is 32.7 Å². The standard InChI is InChI=1S/C19H29N3O2/c1-2-24-17-8-4-3-7-16(17)21-11-13-22(14-12-21)18(23)19(15-20)9-5-6-10-19/h3-4,7-8H,2,5-6,9-15,20H2,1H3. The number of para-hydroxylation sites is 2. The van der Waals surface area contributed by atoms with E-state index in [1.807, 2.05) is 30.0 Å². The monoisotopic (exact) mass is 331 g/mol. The lowest BCUT2D eigenvalue weighted by Gasteiger charge is -2.40. The van der Waals surface area contributed by atoms with Gasteiger partial charge in [-0.25, -0.2) is 0 Å². The van der Waals surface area contributed by atoms with Gasteiger partial charge in [-0.05, 0) is 31.9 Å². The minimum atomic E-state index is -0.286. The van der Waals surface area contributed by atoms with Gasteiger partial charge in [-0.1, -0.05) is 25.0 Å². The fraction of sp³-hybridized carbons (Fsp3) is 0.632. The van der Waals surface area contributed by atoms with Crippen molar-refractivity contribution in [1.82, 2.24) is 4.90 Å². The molecule has 3 rings (SSSR count). The summed E-state index contributed by atoms with van der Waals surface area (Å²) in [4.78, 5) is 17.3. The quantitative estimate of drug-likeness (QED) is 0.899. The van der Waals surface area contributed by atoms with Crippen molar-refractivity contribution in [2.45, 2.75) is 32.6 Å². The van der Waals surface area contributed by atoms with E-state index in [0.29, 0.717) is 13.2 Å². The van der Waals surface area contributed by atoms with Crippen molar-refractivity contribution >= 4 is 11.6 Å². The Morgan fingerprint density at radius 1 is 1.17 bits per heavy atom. The Bertz CT molecular complexity index is 561. The number of nitrogens with two attached hydrogens (primary N) is 1. The molecule has 0 bridgehead atoms. The summed E-state index contributed by atoms with van der Waals surface area (Å²) in [6.07, 6.45) is 4.17. The maximum Gasteiger partial charge on any atom is 0.230 e. The van der Waals surface area contributed by atoms with Crippen LogP contribution in [0.3, 0.4) is 0 Å². The number of hydrogen-bond acceptors (Lipinski definition) is 4. The van der Waals surface area contributed by atoms with E-state index in [9.17, 15) is 4.79 Å². The van der Waals surface area contributed by atoms with E-state index in [1.165, 1.54) is 0 Å². The molecule has 0 unspecified atom stereocenters. The molecule has 1 aliphatic carbocycles. The van der Waals surface area contributed by atoms with Crippen LogP contribution in [0.1, 0.15) is 32.6 Å². The van der Waals surface area contributed by atoms with Gasteiger partial charge in [-0.15, -0.1) is 0 Å². The molecule has 1 saturated carbocycles. The number of carbonyl (C=O) groups is 1. The molecule has 1 heterocycles. The van der Waals surface area contributed by atoms with E-state index in [4.69, 9.17) is 10.5 Å². The van der Waals surface area contributed by atoms with Crippen LogP contribution in [0.25, 0.3) is 0 Å². The van der Waals surface area contributed by atoms with Crippen LogP contribution >= 0.6 is 0 Å². The number of nitrogens with zero attached hydrogens (tertiary/aromatic N) is 2. The van der Waals surface area contributed by atoms with Gasteiger partial charge in [0.2, 0.25) is 5.91 Å². The number of anilines is 1. The van der Waals surface area contributed by atoms with Crippen molar-refractivity contribution in [3.63, 3.8) is 0 Å². The van der Waals surface area contributed by atoms with Gasteiger partial charge in [0.1, 0.15) is 5.75 Å². The second kappa shape index (κ2) is 7.43. The fourth-order valence-electron chi connectivity index (χ4n) is 4.04. The third-order valence-electron chi connectivity index (χ3n) is 5.48. The first kappa shape index (κ1) is 17.1. The van der Waals surface area contributed by atoms with Crippen molar-refractivity contribution in [3.05, 3.63) is 24.3 Å². The summed E-state index contributed by atoms with van der Waals surface area (Å²) in [7, 11) is 0. The van der Waals surface area contributed by atoms with Gasteiger partial charge >= 0.3 is 0 Å². The molecule has 1 aromatic carbocycles. The molecule has 0 atom stereocenters. The number of benzene rings is 1. The SMILES string of the molecule is CCOc1ccccc1N1CCN(C(=O)C2(CN)CCCC2)CC1. The first-order valence-electron chi connectivity index (χ1n) is 9.16. The minimum absolute atomic E-state index is 0.278. The Kier molecular flexibility index (Phi) is 5.29. The molecule has 0 aromatic heterocycles. The molecule has 2 fully saturated rings. The van der Waals surface area contributed by atoms with Crippen molar-refractivity contribution in [1.29, 1.82) is 0 Å². The number of piperazine rings is 1. The van der Waals surface area contributed by atoms with Crippen LogP contribution in [-0.4, -0.2) is 50.1 Å². The number of hydrogen-bond donors (Lipinski definition) is 1. The van der Waals surface area contributed by atoms with E-state index < -0.39 is 0 Å². The van der Waals surface area contributed by atoms with E-state index in [1.54, 1.807) is 0 Å². The minimum Gasteiger partial charge on any atom is -0.492 e. The lowest BCUT2D eigenvalue weighted by molar-refractivity contribution is -0.141. The largest absolute Gasteiger partial charge is 0.492 e. The molecule has 2 N–H and O–H groups in total. The predicted molar refractivity (Wildman–Crippen MR) is 96.4 cm³/mol. The Hall–Kier alpha value is -1.75. The lowest BCUT2D eigenvalue weighted by Crippen LogP contribution is -2.54. The molecule has 0 spiro atoms. The second-order valence-electron chi connectivity index (χ2n) is 6.87. The van der Waals surface area contributed by atoms with Crippen LogP contribution in [-0.2, 0) is 4.79 Å². The highest BCUT2D eigenvalue weighted by Crippen LogP contribution is 2.39. The normalized spacial score (nSPS) is 20.2. The Labute approximate surface area is 144 Å². The first-order chi connectivity index (χ1) is 11.7. The Balaban J connectivity index is 1.65. The molecule has 1 aromatic rings. The maximum absolute atomic E-state index is 13.0. The maximum atomic E-state index is 13.0. The van der Waals surface area contributed by atoms with Gasteiger partial charge in [-0.2, -0.15) is 0 Å². The number of rotatable bonds is 5. The third kappa shape index (κ3) is 3.22. The zero-order valence-electron chi connectivity index (χ0n) is 14.7. The molecule has 0 radical (unpaired) electrons. The first-order valence-corrected chi connectivity index (χ1v) is 9.16. The summed E-state index contributed by atoms with van der Waals surface area (Å²) in [5.41, 5.74) is 6.81. The van der Waals surface area contributed by atoms with Crippen molar-refractivity contribution in [2.24, 2.45) is 11.1 Å². The second-order valence-corrected chi connectivity index (χ2v) is 6.87. The van der Waals surface area contributed by atoms with E-state index in [0.717, 1.165) is 63.3 Å². The van der Waals surface area contributed by atoms with Gasteiger partial charge in [0.05, 0.1) is 17.7 Å². The molecule has 24 heavy (non-hydrogen) atoms. The van der Waals surface area contributed by atoms with Crippen LogP contribution in [0, 0.1) is 5.41 Å². The van der Waals surface area contributed by atoms with E-state index in [-0.39, 0.29) is 11.3 Å². The summed E-state index contributed by atoms with van der Waals surface area (Å²) in [6.45, 7) is 6.37. The highest BCUT2D eigenvalue weighted by molar-refractivity contribution is 5.83. The number of ether oxygens (including phenoxy) is 1. The third-order valence-corrected chi connectivity index (χ3v) is 5.48. The van der Waals surface area contributed by atoms with Gasteiger partial charge in [0.25, 0.3) is 0 Å². The predicted octanol–water partition coefficient (Wildman–Crippen LogP) is 2.25. The topological polar surface area (TPSA) is 58.8 Å². The highest BCUT2D eigenvalue weighted by atomic mass is 16.5. The zero-order chi connectivity index (χ0) is 17.0. The molecule has 5 heteroatoms. The smallest absolute Gasteiger partial charge is 0.230 e. The molecule has 2 aliphatic rings. The Morgan fingerprint density at radius 2 is 1.83 bits per heavy atom. The summed E-state index contributed by atoms with van der Waals surface area (Å²) in [5.74, 6) is 1.20. The summed E-state index contributed by atoms with van der Waals surface area (Å²) in [6, 6.07) is 8.15. The fourth-order valence-corrected chi connectivity index (χ4v) is 4.04. The number of amides is 1. The van der Waals surface area contributed by atoms with Crippen molar-refractivity contribution < 1.29 is 9.53 Å². The van der Waals surface area contributed by atoms with Crippen molar-refractivity contribution in [3.8, 4) is 5.75 Å². The van der Waals surface area contributed by atoms with Crippen LogP contribution in [0.5, 0.6) is 5.75 Å². The average molecular weight is 331 g/mol. The van der Waals surface area contributed by atoms with Crippen molar-refractivity contribution in [2.75, 3.05) is 44.2 Å². The van der Waals surface area contributed by atoms with E-state index >= 15 is 0 Å². The van der Waals surface area contributed by atoms with Crippen LogP contribution in [0.2, 0.25) is 0 Å². The summed E-state index contributed by atoms with van der Waals surface area (Å²) in [5, 5.41) is 0. The number of carbonyl (C=O) groups excluding carboxylic acids is 1. The molecule has 1 aliphatic heterocycles. The summed E-state index contributed by atoms with van der Waals surface area (Å²) < 4.78 is 5.74.